The van der Waals surface area contributed by atoms with Crippen LogP contribution in [0.3, 0.4) is 0 Å². The summed E-state index contributed by atoms with van der Waals surface area (Å²) in [5.74, 6) is 0. The van der Waals surface area contributed by atoms with Gasteiger partial charge in [0.05, 0.1) is 10.4 Å². The molecule has 1 atom stereocenters. The fourth-order valence-electron chi connectivity index (χ4n) is 2.29. The van der Waals surface area contributed by atoms with Crippen molar-refractivity contribution in [1.82, 2.24) is 10.3 Å². The van der Waals surface area contributed by atoms with Crippen LogP contribution in [0.25, 0.3) is 0 Å². The van der Waals surface area contributed by atoms with E-state index in [1.165, 1.54) is 0 Å². The molecule has 0 fully saturated rings. The average molecular weight is 330 g/mol. The van der Waals surface area contributed by atoms with Crippen molar-refractivity contribution in [2.75, 3.05) is 0 Å². The van der Waals surface area contributed by atoms with E-state index >= 15 is 0 Å². The van der Waals surface area contributed by atoms with Gasteiger partial charge in [-0.1, -0.05) is 54.1 Å². The van der Waals surface area contributed by atoms with E-state index in [-0.39, 0.29) is 4.90 Å². The van der Waals surface area contributed by atoms with E-state index in [9.17, 15) is 8.42 Å². The molecule has 0 saturated carbocycles. The number of rotatable bonds is 7. The van der Waals surface area contributed by atoms with E-state index in [0.717, 1.165) is 11.1 Å². The number of sulfonamides is 1. The Kier molecular flexibility index (Phi) is 5.36. The van der Waals surface area contributed by atoms with Gasteiger partial charge in [0, 0.05) is 0 Å². The summed E-state index contributed by atoms with van der Waals surface area (Å²) in [4.78, 5) is 2.72. The molecule has 4 nitrogen and oxygen atoms in total. The first-order chi connectivity index (χ1) is 10.9. The minimum absolute atomic E-state index is 0.226. The number of hydrogen-bond donors (Lipinski definition) is 2. The molecule has 0 aliphatic carbocycles. The lowest BCUT2D eigenvalue weighted by Crippen LogP contribution is -2.50. The molecule has 0 aliphatic rings. The van der Waals surface area contributed by atoms with Crippen molar-refractivity contribution in [3.8, 4) is 0 Å². The van der Waals surface area contributed by atoms with Gasteiger partial charge < -0.3 is 0 Å². The molecule has 122 valence electrons. The number of aryl methyl sites for hydroxylation is 1. The molecule has 0 radical (unpaired) electrons. The Morgan fingerprint density at radius 1 is 1.09 bits per heavy atom. The Balaban J connectivity index is 2.21. The molecule has 0 aliphatic heterocycles. The summed E-state index contributed by atoms with van der Waals surface area (Å²) in [6, 6.07) is 16.4. The van der Waals surface area contributed by atoms with Crippen molar-refractivity contribution in [3.05, 3.63) is 78.4 Å². The smallest absolute Gasteiger partial charge is 0.233 e. The molecular formula is C18H22N2O2S. The molecule has 0 unspecified atom stereocenters. The van der Waals surface area contributed by atoms with Gasteiger partial charge >= 0.3 is 0 Å². The SMILES string of the molecule is C=CC[C@@](C)(NNS(=O)(=O)c1ccc(C)cc1)c1ccccc1. The Labute approximate surface area is 138 Å². The monoisotopic (exact) mass is 330 g/mol. The van der Waals surface area contributed by atoms with Crippen LogP contribution >= 0.6 is 0 Å². The highest BCUT2D eigenvalue weighted by Crippen LogP contribution is 2.24. The van der Waals surface area contributed by atoms with Crippen LogP contribution in [0.5, 0.6) is 0 Å². The highest BCUT2D eigenvalue weighted by Gasteiger charge is 2.27. The van der Waals surface area contributed by atoms with E-state index in [2.05, 4.69) is 16.8 Å². The molecule has 23 heavy (non-hydrogen) atoms. The van der Waals surface area contributed by atoms with Crippen molar-refractivity contribution in [3.63, 3.8) is 0 Å². The Bertz CT molecular complexity index is 755. The molecule has 0 spiro atoms. The lowest BCUT2D eigenvalue weighted by molar-refractivity contribution is 0.350. The van der Waals surface area contributed by atoms with E-state index < -0.39 is 15.6 Å². The lowest BCUT2D eigenvalue weighted by Gasteiger charge is -2.30. The first-order valence-corrected chi connectivity index (χ1v) is 8.88. The van der Waals surface area contributed by atoms with Crippen LogP contribution < -0.4 is 10.3 Å². The molecule has 0 saturated heterocycles. The number of hydrogen-bond acceptors (Lipinski definition) is 3. The van der Waals surface area contributed by atoms with Gasteiger partial charge in [-0.3, -0.25) is 0 Å². The largest absolute Gasteiger partial charge is 0.253 e. The molecule has 0 heterocycles. The third kappa shape index (κ3) is 4.28. The maximum atomic E-state index is 12.4. The molecule has 2 aromatic carbocycles. The fraction of sp³-hybridized carbons (Fsp3) is 0.222. The summed E-state index contributed by atoms with van der Waals surface area (Å²) < 4.78 is 24.9. The average Bonchev–Trinajstić information content (AvgIpc) is 2.55. The summed E-state index contributed by atoms with van der Waals surface area (Å²) >= 11 is 0. The van der Waals surface area contributed by atoms with Crippen molar-refractivity contribution >= 4 is 10.0 Å². The first kappa shape index (κ1) is 17.4. The quantitative estimate of drug-likeness (QED) is 0.605. The molecule has 0 bridgehead atoms. The third-order valence-corrected chi connectivity index (χ3v) is 5.02. The summed E-state index contributed by atoms with van der Waals surface area (Å²) in [6.45, 7) is 7.61. The number of benzene rings is 2. The summed E-state index contributed by atoms with van der Waals surface area (Å²) in [5, 5.41) is 0. The first-order valence-electron chi connectivity index (χ1n) is 7.39. The predicted octanol–water partition coefficient (Wildman–Crippen LogP) is 3.27. The molecule has 2 rings (SSSR count). The topological polar surface area (TPSA) is 58.2 Å². The molecule has 0 amide bonds. The van der Waals surface area contributed by atoms with Crippen LogP contribution in [0.15, 0.2) is 72.1 Å². The van der Waals surface area contributed by atoms with Crippen molar-refractivity contribution < 1.29 is 8.42 Å². The number of hydrazine groups is 1. The van der Waals surface area contributed by atoms with Gasteiger partial charge in [0.15, 0.2) is 0 Å². The van der Waals surface area contributed by atoms with Gasteiger partial charge in [0.25, 0.3) is 10.0 Å². The van der Waals surface area contributed by atoms with Gasteiger partial charge in [-0.05, 0) is 38.0 Å². The van der Waals surface area contributed by atoms with E-state index in [4.69, 9.17) is 0 Å². The van der Waals surface area contributed by atoms with Gasteiger partial charge in [0.2, 0.25) is 0 Å². The highest BCUT2D eigenvalue weighted by molar-refractivity contribution is 7.89. The van der Waals surface area contributed by atoms with E-state index in [0.29, 0.717) is 6.42 Å². The molecule has 2 aromatic rings. The van der Waals surface area contributed by atoms with Gasteiger partial charge in [-0.2, -0.15) is 0 Å². The van der Waals surface area contributed by atoms with E-state index in [1.54, 1.807) is 30.3 Å². The second-order valence-electron chi connectivity index (χ2n) is 5.73. The zero-order chi connectivity index (χ0) is 16.9. The molecule has 2 N–H and O–H groups in total. The van der Waals surface area contributed by atoms with Crippen molar-refractivity contribution in [1.29, 1.82) is 0 Å². The standard InChI is InChI=1S/C18H22N2O2S/c1-4-14-18(3,16-8-6-5-7-9-16)19-20-23(21,22)17-12-10-15(2)11-13-17/h4-13,19-20H,1,14H2,2-3H3/t18-/m1/s1. The lowest BCUT2D eigenvalue weighted by atomic mass is 9.89. The number of nitrogens with one attached hydrogen (secondary N) is 2. The minimum Gasteiger partial charge on any atom is -0.233 e. The highest BCUT2D eigenvalue weighted by atomic mass is 32.2. The normalized spacial score (nSPS) is 14.2. The summed E-state index contributed by atoms with van der Waals surface area (Å²) in [5.41, 5.74) is 4.36. The van der Waals surface area contributed by atoms with Crippen molar-refractivity contribution in [2.24, 2.45) is 0 Å². The van der Waals surface area contributed by atoms with Crippen LogP contribution in [-0.4, -0.2) is 8.42 Å². The Morgan fingerprint density at radius 3 is 2.26 bits per heavy atom. The molecular weight excluding hydrogens is 308 g/mol. The van der Waals surface area contributed by atoms with Gasteiger partial charge in [-0.25, -0.2) is 13.8 Å². The van der Waals surface area contributed by atoms with Crippen LogP contribution in [0, 0.1) is 6.92 Å². The van der Waals surface area contributed by atoms with Gasteiger partial charge in [0.1, 0.15) is 0 Å². The summed E-state index contributed by atoms with van der Waals surface area (Å²) in [6.07, 6.45) is 2.34. The van der Waals surface area contributed by atoms with Crippen LogP contribution in [-0.2, 0) is 15.6 Å². The summed E-state index contributed by atoms with van der Waals surface area (Å²) in [7, 11) is -3.63. The van der Waals surface area contributed by atoms with E-state index in [1.807, 2.05) is 44.2 Å². The van der Waals surface area contributed by atoms with Gasteiger partial charge in [-0.15, -0.1) is 11.4 Å². The van der Waals surface area contributed by atoms with Crippen LogP contribution in [0.2, 0.25) is 0 Å². The maximum Gasteiger partial charge on any atom is 0.253 e. The van der Waals surface area contributed by atoms with Crippen LogP contribution in [0.4, 0.5) is 0 Å². The fourth-order valence-corrected chi connectivity index (χ4v) is 3.26. The zero-order valence-electron chi connectivity index (χ0n) is 13.4. The predicted molar refractivity (Wildman–Crippen MR) is 93.2 cm³/mol. The maximum absolute atomic E-state index is 12.4. The minimum atomic E-state index is -3.63. The molecule has 0 aromatic heterocycles. The van der Waals surface area contributed by atoms with Crippen molar-refractivity contribution in [2.45, 2.75) is 30.7 Å². The second-order valence-corrected chi connectivity index (χ2v) is 7.42. The molecule has 5 heteroatoms. The third-order valence-electron chi connectivity index (χ3n) is 3.76. The Hall–Kier alpha value is -1.95. The zero-order valence-corrected chi connectivity index (χ0v) is 14.2. The Morgan fingerprint density at radius 2 is 1.70 bits per heavy atom. The second kappa shape index (κ2) is 7.08. The van der Waals surface area contributed by atoms with Crippen LogP contribution in [0.1, 0.15) is 24.5 Å².